The number of ether oxygens (including phenoxy) is 2. The first kappa shape index (κ1) is 14.7. The molecule has 0 atom stereocenters. The fraction of sp³-hybridized carbons (Fsp3) is 0.455. The van der Waals surface area contributed by atoms with E-state index in [1.54, 1.807) is 17.0 Å². The zero-order valence-corrected chi connectivity index (χ0v) is 11.7. The number of halogens is 1. The smallest absolute Gasteiger partial charge is 0.319 e. The first-order valence-corrected chi connectivity index (χ1v) is 5.94. The lowest BCUT2D eigenvalue weighted by Gasteiger charge is -2.18. The lowest BCUT2D eigenvalue weighted by Crippen LogP contribution is -2.35. The third-order valence-corrected chi connectivity index (χ3v) is 2.60. The maximum atomic E-state index is 11.2. The molecular formula is C11H14BrNO5. The number of carbonyl (C=O) groups excluding carboxylic acids is 2. The van der Waals surface area contributed by atoms with Crippen LogP contribution in [-0.2, 0) is 25.6 Å². The Morgan fingerprint density at radius 1 is 1.22 bits per heavy atom. The van der Waals surface area contributed by atoms with Crippen molar-refractivity contribution >= 4 is 27.9 Å². The molecule has 18 heavy (non-hydrogen) atoms. The number of furan rings is 1. The third kappa shape index (κ3) is 4.89. The van der Waals surface area contributed by atoms with Crippen LogP contribution in [0, 0.1) is 0 Å². The van der Waals surface area contributed by atoms with Gasteiger partial charge in [-0.3, -0.25) is 14.5 Å². The molecule has 0 aromatic carbocycles. The van der Waals surface area contributed by atoms with Crippen LogP contribution in [0.3, 0.4) is 0 Å². The summed E-state index contributed by atoms with van der Waals surface area (Å²) in [5, 5.41) is 0. The molecule has 0 saturated heterocycles. The standard InChI is InChI=1S/C11H14BrNO5/c1-16-10(14)6-13(7-11(15)17-2)5-8-3-4-9(12)18-8/h3-4H,5-7H2,1-2H3. The topological polar surface area (TPSA) is 69.0 Å². The van der Waals surface area contributed by atoms with Crippen molar-refractivity contribution in [3.8, 4) is 0 Å². The van der Waals surface area contributed by atoms with Gasteiger partial charge < -0.3 is 13.9 Å². The van der Waals surface area contributed by atoms with Crippen LogP contribution in [0.25, 0.3) is 0 Å². The van der Waals surface area contributed by atoms with E-state index in [1.807, 2.05) is 0 Å². The Hall–Kier alpha value is -1.34. The summed E-state index contributed by atoms with van der Waals surface area (Å²) >= 11 is 3.18. The van der Waals surface area contributed by atoms with Crippen molar-refractivity contribution in [2.45, 2.75) is 6.54 Å². The Morgan fingerprint density at radius 2 is 1.78 bits per heavy atom. The number of rotatable bonds is 6. The minimum atomic E-state index is -0.426. The van der Waals surface area contributed by atoms with Gasteiger partial charge in [-0.25, -0.2) is 0 Å². The zero-order chi connectivity index (χ0) is 13.5. The Kier molecular flexibility index (Phi) is 5.87. The largest absolute Gasteiger partial charge is 0.468 e. The molecule has 0 spiro atoms. The number of hydrogen-bond acceptors (Lipinski definition) is 6. The molecule has 100 valence electrons. The molecule has 7 heteroatoms. The molecule has 0 amide bonds. The van der Waals surface area contributed by atoms with Gasteiger partial charge in [0.2, 0.25) is 0 Å². The monoisotopic (exact) mass is 319 g/mol. The summed E-state index contributed by atoms with van der Waals surface area (Å²) in [6.45, 7) is 0.295. The Bertz CT molecular complexity index is 399. The van der Waals surface area contributed by atoms with Gasteiger partial charge in [0.1, 0.15) is 5.76 Å². The Balaban J connectivity index is 2.64. The van der Waals surface area contributed by atoms with Gasteiger partial charge in [-0.15, -0.1) is 0 Å². The second-order valence-corrected chi connectivity index (χ2v) is 4.28. The van der Waals surface area contributed by atoms with Crippen molar-refractivity contribution in [1.82, 2.24) is 4.90 Å². The predicted molar refractivity (Wildman–Crippen MR) is 65.7 cm³/mol. The summed E-state index contributed by atoms with van der Waals surface area (Å²) in [5.41, 5.74) is 0. The number of methoxy groups -OCH3 is 2. The molecule has 0 aliphatic heterocycles. The lowest BCUT2D eigenvalue weighted by atomic mass is 10.3. The average Bonchev–Trinajstić information content (AvgIpc) is 2.74. The van der Waals surface area contributed by atoms with Crippen LogP contribution in [0.2, 0.25) is 0 Å². The third-order valence-electron chi connectivity index (χ3n) is 2.17. The molecule has 0 bridgehead atoms. The van der Waals surface area contributed by atoms with Crippen LogP contribution in [0.5, 0.6) is 0 Å². The molecule has 0 saturated carbocycles. The van der Waals surface area contributed by atoms with Crippen molar-refractivity contribution < 1.29 is 23.5 Å². The van der Waals surface area contributed by atoms with Crippen molar-refractivity contribution in [2.24, 2.45) is 0 Å². The maximum absolute atomic E-state index is 11.2. The van der Waals surface area contributed by atoms with Gasteiger partial charge in [-0.05, 0) is 28.1 Å². The highest BCUT2D eigenvalue weighted by atomic mass is 79.9. The number of nitrogens with zero attached hydrogens (tertiary/aromatic N) is 1. The number of carbonyl (C=O) groups is 2. The summed E-state index contributed by atoms with van der Waals surface area (Å²) in [6, 6.07) is 3.50. The van der Waals surface area contributed by atoms with Crippen molar-refractivity contribution in [3.05, 3.63) is 22.6 Å². The van der Waals surface area contributed by atoms with E-state index in [0.717, 1.165) is 0 Å². The predicted octanol–water partition coefficient (Wildman–Crippen LogP) is 1.19. The van der Waals surface area contributed by atoms with E-state index in [-0.39, 0.29) is 13.1 Å². The SMILES string of the molecule is COC(=O)CN(CC(=O)OC)Cc1ccc(Br)o1. The van der Waals surface area contributed by atoms with Gasteiger partial charge in [0.15, 0.2) is 4.67 Å². The van der Waals surface area contributed by atoms with Crippen LogP contribution < -0.4 is 0 Å². The summed E-state index contributed by atoms with van der Waals surface area (Å²) in [7, 11) is 2.59. The highest BCUT2D eigenvalue weighted by Gasteiger charge is 2.17. The summed E-state index contributed by atoms with van der Waals surface area (Å²) in [4.78, 5) is 24.0. The van der Waals surface area contributed by atoms with Crippen LogP contribution in [0.15, 0.2) is 21.2 Å². The molecule has 1 aromatic rings. The molecule has 6 nitrogen and oxygen atoms in total. The molecular weight excluding hydrogens is 306 g/mol. The Labute approximate surface area is 113 Å². The zero-order valence-electron chi connectivity index (χ0n) is 10.1. The van der Waals surface area contributed by atoms with Crippen LogP contribution in [0.4, 0.5) is 0 Å². The highest BCUT2D eigenvalue weighted by Crippen LogP contribution is 2.15. The molecule has 1 aromatic heterocycles. The van der Waals surface area contributed by atoms with Crippen LogP contribution in [0.1, 0.15) is 5.76 Å². The Morgan fingerprint density at radius 3 is 2.17 bits per heavy atom. The van der Waals surface area contributed by atoms with Gasteiger partial charge in [0.25, 0.3) is 0 Å². The molecule has 0 N–H and O–H groups in total. The van der Waals surface area contributed by atoms with E-state index in [9.17, 15) is 9.59 Å². The van der Waals surface area contributed by atoms with Crippen molar-refractivity contribution in [1.29, 1.82) is 0 Å². The van der Waals surface area contributed by atoms with Gasteiger partial charge >= 0.3 is 11.9 Å². The lowest BCUT2D eigenvalue weighted by molar-refractivity contribution is -0.145. The van der Waals surface area contributed by atoms with Gasteiger partial charge in [0, 0.05) is 0 Å². The molecule has 0 fully saturated rings. The fourth-order valence-electron chi connectivity index (χ4n) is 1.32. The molecule has 0 radical (unpaired) electrons. The maximum Gasteiger partial charge on any atom is 0.319 e. The van der Waals surface area contributed by atoms with E-state index in [4.69, 9.17) is 4.42 Å². The second kappa shape index (κ2) is 7.17. The minimum absolute atomic E-state index is 0.0100. The summed E-state index contributed by atoms with van der Waals surface area (Å²) < 4.78 is 15.0. The molecule has 0 unspecified atom stereocenters. The fourth-order valence-corrected chi connectivity index (χ4v) is 1.66. The van der Waals surface area contributed by atoms with Crippen molar-refractivity contribution in [3.63, 3.8) is 0 Å². The summed E-state index contributed by atoms with van der Waals surface area (Å²) in [5.74, 6) is -0.219. The van der Waals surface area contributed by atoms with E-state index < -0.39 is 11.9 Å². The number of esters is 2. The first-order valence-electron chi connectivity index (χ1n) is 5.15. The molecule has 0 aliphatic rings. The summed E-state index contributed by atoms with van der Waals surface area (Å²) in [6.07, 6.45) is 0. The highest BCUT2D eigenvalue weighted by molar-refractivity contribution is 9.10. The first-order chi connectivity index (χ1) is 8.55. The van der Waals surface area contributed by atoms with E-state index >= 15 is 0 Å². The van der Waals surface area contributed by atoms with E-state index in [0.29, 0.717) is 17.0 Å². The second-order valence-electron chi connectivity index (χ2n) is 3.50. The van der Waals surface area contributed by atoms with Crippen molar-refractivity contribution in [2.75, 3.05) is 27.3 Å². The van der Waals surface area contributed by atoms with Gasteiger partial charge in [0.05, 0.1) is 33.9 Å². The minimum Gasteiger partial charge on any atom is -0.468 e. The molecule has 1 rings (SSSR count). The van der Waals surface area contributed by atoms with E-state index in [2.05, 4.69) is 25.4 Å². The average molecular weight is 320 g/mol. The van der Waals surface area contributed by atoms with Crippen LogP contribution in [-0.4, -0.2) is 44.1 Å². The normalized spacial score (nSPS) is 10.4. The van der Waals surface area contributed by atoms with Gasteiger partial charge in [-0.2, -0.15) is 0 Å². The van der Waals surface area contributed by atoms with Crippen LogP contribution >= 0.6 is 15.9 Å². The van der Waals surface area contributed by atoms with Gasteiger partial charge in [-0.1, -0.05) is 0 Å². The quantitative estimate of drug-likeness (QED) is 0.734. The molecule has 0 aliphatic carbocycles. The van der Waals surface area contributed by atoms with E-state index in [1.165, 1.54) is 14.2 Å². The molecule has 1 heterocycles. The number of hydrogen-bond donors (Lipinski definition) is 0.